The van der Waals surface area contributed by atoms with Crippen LogP contribution in [0, 0.1) is 5.41 Å². The van der Waals surface area contributed by atoms with E-state index in [-0.39, 0.29) is 5.92 Å². The van der Waals surface area contributed by atoms with Crippen molar-refractivity contribution in [1.82, 2.24) is 9.97 Å². The first-order valence-corrected chi connectivity index (χ1v) is 5.86. The van der Waals surface area contributed by atoms with Crippen LogP contribution in [0.25, 0.3) is 16.6 Å². The SMILES string of the molecule is CC(C)c1nc2ccccc2nc1/C(C=N)=C/N. The maximum Gasteiger partial charge on any atom is 0.0957 e. The maximum absolute atomic E-state index is 7.40. The van der Waals surface area contributed by atoms with Gasteiger partial charge < -0.3 is 11.1 Å². The van der Waals surface area contributed by atoms with Crippen molar-refractivity contribution < 1.29 is 0 Å². The van der Waals surface area contributed by atoms with E-state index in [0.717, 1.165) is 16.7 Å². The summed E-state index contributed by atoms with van der Waals surface area (Å²) in [5.74, 6) is 0.229. The molecule has 0 unspecified atom stereocenters. The largest absolute Gasteiger partial charge is 0.404 e. The minimum atomic E-state index is 0.229. The van der Waals surface area contributed by atoms with E-state index < -0.39 is 0 Å². The lowest BCUT2D eigenvalue weighted by molar-refractivity contribution is 0.817. The number of nitrogens with zero attached hydrogens (tertiary/aromatic N) is 2. The number of hydrogen-bond donors (Lipinski definition) is 2. The summed E-state index contributed by atoms with van der Waals surface area (Å²) >= 11 is 0. The van der Waals surface area contributed by atoms with E-state index in [1.54, 1.807) is 0 Å². The van der Waals surface area contributed by atoms with Crippen LogP contribution in [0.15, 0.2) is 30.5 Å². The van der Waals surface area contributed by atoms with Crippen LogP contribution < -0.4 is 5.73 Å². The monoisotopic (exact) mass is 240 g/mol. The van der Waals surface area contributed by atoms with Gasteiger partial charge in [0.05, 0.1) is 22.4 Å². The van der Waals surface area contributed by atoms with Gasteiger partial charge in [-0.05, 0) is 18.1 Å². The molecule has 0 aliphatic carbocycles. The van der Waals surface area contributed by atoms with Gasteiger partial charge in [0, 0.05) is 18.0 Å². The Morgan fingerprint density at radius 1 is 1.22 bits per heavy atom. The van der Waals surface area contributed by atoms with Crippen LogP contribution in [0.4, 0.5) is 0 Å². The molecule has 0 aliphatic heterocycles. The summed E-state index contributed by atoms with van der Waals surface area (Å²) in [6, 6.07) is 7.71. The first-order valence-electron chi connectivity index (χ1n) is 5.86. The predicted octanol–water partition coefficient (Wildman–Crippen LogP) is 2.70. The molecule has 0 bridgehead atoms. The van der Waals surface area contributed by atoms with Gasteiger partial charge in [0.2, 0.25) is 0 Å². The molecule has 0 atom stereocenters. The third kappa shape index (κ3) is 2.09. The van der Waals surface area contributed by atoms with Crippen LogP contribution >= 0.6 is 0 Å². The van der Waals surface area contributed by atoms with Crippen LogP contribution in [0.3, 0.4) is 0 Å². The van der Waals surface area contributed by atoms with Crippen LogP contribution in [0.5, 0.6) is 0 Å². The van der Waals surface area contributed by atoms with Gasteiger partial charge in [0.15, 0.2) is 0 Å². The summed E-state index contributed by atoms with van der Waals surface area (Å²) in [5, 5.41) is 7.40. The molecule has 0 saturated heterocycles. The zero-order chi connectivity index (χ0) is 13.1. The standard InChI is InChI=1S/C14H16N4/c1-9(2)13-14(10(7-15)8-16)18-12-6-4-3-5-11(12)17-13/h3-9,15H,16H2,1-2H3/b10-8+,15-7?. The van der Waals surface area contributed by atoms with Crippen LogP contribution in [0.1, 0.15) is 31.2 Å². The zero-order valence-electron chi connectivity index (χ0n) is 10.5. The highest BCUT2D eigenvalue weighted by atomic mass is 14.8. The van der Waals surface area contributed by atoms with E-state index in [4.69, 9.17) is 11.1 Å². The molecule has 2 rings (SSSR count). The Hall–Kier alpha value is -2.23. The Morgan fingerprint density at radius 3 is 2.33 bits per heavy atom. The Labute approximate surface area is 106 Å². The number of allylic oxidation sites excluding steroid dienone is 1. The van der Waals surface area contributed by atoms with Crippen molar-refractivity contribution in [3.05, 3.63) is 41.9 Å². The van der Waals surface area contributed by atoms with Crippen molar-refractivity contribution in [2.45, 2.75) is 19.8 Å². The first kappa shape index (κ1) is 12.2. The number of benzene rings is 1. The van der Waals surface area contributed by atoms with Gasteiger partial charge in [-0.15, -0.1) is 0 Å². The summed E-state index contributed by atoms with van der Waals surface area (Å²) in [6.45, 7) is 4.11. The average Bonchev–Trinajstić information content (AvgIpc) is 2.39. The van der Waals surface area contributed by atoms with Crippen molar-refractivity contribution in [3.8, 4) is 0 Å². The van der Waals surface area contributed by atoms with Crippen LogP contribution in [-0.2, 0) is 0 Å². The lowest BCUT2D eigenvalue weighted by atomic mass is 10.0. The fourth-order valence-corrected chi connectivity index (χ4v) is 1.82. The molecule has 4 heteroatoms. The molecule has 0 radical (unpaired) electrons. The van der Waals surface area contributed by atoms with E-state index in [2.05, 4.69) is 23.8 Å². The number of nitrogens with two attached hydrogens (primary N) is 1. The molecule has 3 N–H and O–H groups in total. The minimum Gasteiger partial charge on any atom is -0.404 e. The Kier molecular flexibility index (Phi) is 3.37. The summed E-state index contributed by atoms with van der Waals surface area (Å²) in [6.07, 6.45) is 2.61. The average molecular weight is 240 g/mol. The van der Waals surface area contributed by atoms with E-state index in [9.17, 15) is 0 Å². The third-order valence-corrected chi connectivity index (χ3v) is 2.75. The highest BCUT2D eigenvalue weighted by Gasteiger charge is 2.14. The van der Waals surface area contributed by atoms with Gasteiger partial charge in [-0.3, -0.25) is 0 Å². The van der Waals surface area contributed by atoms with Gasteiger partial charge in [0.25, 0.3) is 0 Å². The molecule has 2 aromatic rings. The summed E-state index contributed by atoms with van der Waals surface area (Å²) in [7, 11) is 0. The maximum atomic E-state index is 7.40. The quantitative estimate of drug-likeness (QED) is 0.810. The zero-order valence-corrected chi connectivity index (χ0v) is 10.5. The molecule has 1 aromatic heterocycles. The third-order valence-electron chi connectivity index (χ3n) is 2.75. The molecular formula is C14H16N4. The number of hydrogen-bond acceptors (Lipinski definition) is 4. The lowest BCUT2D eigenvalue weighted by Gasteiger charge is -2.12. The molecule has 18 heavy (non-hydrogen) atoms. The molecule has 0 aliphatic rings. The lowest BCUT2D eigenvalue weighted by Crippen LogP contribution is -2.05. The fourth-order valence-electron chi connectivity index (χ4n) is 1.82. The molecule has 1 aromatic carbocycles. The van der Waals surface area contributed by atoms with Crippen molar-refractivity contribution in [2.75, 3.05) is 0 Å². The normalized spacial score (nSPS) is 12.1. The molecule has 4 nitrogen and oxygen atoms in total. The van der Waals surface area contributed by atoms with Gasteiger partial charge >= 0.3 is 0 Å². The van der Waals surface area contributed by atoms with E-state index >= 15 is 0 Å². The van der Waals surface area contributed by atoms with Gasteiger partial charge in [-0.2, -0.15) is 0 Å². The Bertz CT molecular complexity index is 614. The second-order valence-electron chi connectivity index (χ2n) is 4.37. The molecular weight excluding hydrogens is 224 g/mol. The highest BCUT2D eigenvalue weighted by molar-refractivity contribution is 6.08. The van der Waals surface area contributed by atoms with Crippen molar-refractivity contribution in [3.63, 3.8) is 0 Å². The Morgan fingerprint density at radius 2 is 1.83 bits per heavy atom. The summed E-state index contributed by atoms with van der Waals surface area (Å²) in [4.78, 5) is 9.21. The topological polar surface area (TPSA) is 75.7 Å². The van der Waals surface area contributed by atoms with Crippen molar-refractivity contribution in [2.24, 2.45) is 5.73 Å². The number of para-hydroxylation sites is 2. The Balaban J connectivity index is 2.76. The van der Waals surface area contributed by atoms with E-state index in [0.29, 0.717) is 11.3 Å². The van der Waals surface area contributed by atoms with Gasteiger partial charge in [-0.1, -0.05) is 26.0 Å². The number of fused-ring (bicyclic) bond motifs is 1. The molecule has 0 amide bonds. The van der Waals surface area contributed by atoms with Crippen LogP contribution in [0.2, 0.25) is 0 Å². The highest BCUT2D eigenvalue weighted by Crippen LogP contribution is 2.23. The minimum absolute atomic E-state index is 0.229. The van der Waals surface area contributed by atoms with E-state index in [1.807, 2.05) is 24.3 Å². The second kappa shape index (κ2) is 4.96. The number of aromatic nitrogens is 2. The number of nitrogens with one attached hydrogen (secondary N) is 1. The molecule has 0 saturated carbocycles. The second-order valence-corrected chi connectivity index (χ2v) is 4.37. The van der Waals surface area contributed by atoms with Crippen LogP contribution in [-0.4, -0.2) is 16.2 Å². The van der Waals surface area contributed by atoms with Gasteiger partial charge in [0.1, 0.15) is 0 Å². The number of rotatable bonds is 3. The molecule has 0 fully saturated rings. The fraction of sp³-hybridized carbons (Fsp3) is 0.214. The van der Waals surface area contributed by atoms with E-state index in [1.165, 1.54) is 12.4 Å². The first-order chi connectivity index (χ1) is 8.67. The molecule has 92 valence electrons. The van der Waals surface area contributed by atoms with Crippen molar-refractivity contribution in [1.29, 1.82) is 5.41 Å². The predicted molar refractivity (Wildman–Crippen MR) is 74.6 cm³/mol. The molecule has 0 spiro atoms. The summed E-state index contributed by atoms with van der Waals surface area (Å²) in [5.41, 5.74) is 9.39. The summed E-state index contributed by atoms with van der Waals surface area (Å²) < 4.78 is 0. The molecule has 1 heterocycles. The smallest absolute Gasteiger partial charge is 0.0957 e. The van der Waals surface area contributed by atoms with Crippen molar-refractivity contribution >= 4 is 22.8 Å². The van der Waals surface area contributed by atoms with Gasteiger partial charge in [-0.25, -0.2) is 9.97 Å².